The van der Waals surface area contributed by atoms with Crippen LogP contribution in [0.3, 0.4) is 0 Å². The highest BCUT2D eigenvalue weighted by Crippen LogP contribution is 2.49. The van der Waals surface area contributed by atoms with E-state index in [9.17, 15) is 65.3 Å². The van der Waals surface area contributed by atoms with E-state index in [-0.39, 0.29) is 113 Å². The van der Waals surface area contributed by atoms with Crippen molar-refractivity contribution >= 4 is 131 Å². The van der Waals surface area contributed by atoms with Gasteiger partial charge in [-0.15, -0.1) is 47.0 Å². The minimum absolute atomic E-state index is 0.170. The zero-order valence-electron chi connectivity index (χ0n) is 58.7. The van der Waals surface area contributed by atoms with Crippen molar-refractivity contribution in [1.82, 2.24) is 31.4 Å². The summed E-state index contributed by atoms with van der Waals surface area (Å²) < 4.78 is 115. The van der Waals surface area contributed by atoms with Gasteiger partial charge < -0.3 is 63.3 Å². The molecule has 568 valence electrons. The third kappa shape index (κ3) is 26.7. The molecule has 0 unspecified atom stereocenters. The van der Waals surface area contributed by atoms with Gasteiger partial charge in [0.1, 0.15) is 52.4 Å². The van der Waals surface area contributed by atoms with Crippen LogP contribution in [0.5, 0.6) is 0 Å². The number of nitrogens with zero attached hydrogens (tertiary/aromatic N) is 6. The highest BCUT2D eigenvalue weighted by Gasteiger charge is 2.38. The molecule has 29 nitrogen and oxygen atoms in total. The van der Waals surface area contributed by atoms with Crippen LogP contribution in [-0.2, 0) is 71.8 Å². The van der Waals surface area contributed by atoms with E-state index in [1.165, 1.54) is 119 Å². The lowest BCUT2D eigenvalue weighted by atomic mass is 10.2. The Morgan fingerprint density at radius 1 is 0.538 bits per heavy atom. The van der Waals surface area contributed by atoms with Crippen LogP contribution in [0.1, 0.15) is 68.1 Å². The molecule has 8 amide bonds. The highest BCUT2D eigenvalue weighted by molar-refractivity contribution is 8.01. The summed E-state index contributed by atoms with van der Waals surface area (Å²) in [5.74, 6) is -1.29. The van der Waals surface area contributed by atoms with E-state index >= 15 is 0 Å². The first kappa shape index (κ1) is 84.6. The number of benzene rings is 4. The largest absolute Gasteiger partial charge is 0.465 e. The number of esters is 1. The Balaban J connectivity index is 0.000000218. The van der Waals surface area contributed by atoms with Crippen LogP contribution in [0.4, 0.5) is 59.5 Å². The average molecular weight is 1560 g/mol. The fourth-order valence-electron chi connectivity index (χ4n) is 9.53. The fourth-order valence-corrected chi connectivity index (χ4v) is 15.1. The van der Waals surface area contributed by atoms with Crippen LogP contribution in [0, 0.1) is 23.3 Å². The third-order valence-electron chi connectivity index (χ3n) is 14.4. The van der Waals surface area contributed by atoms with E-state index in [0.717, 1.165) is 11.8 Å². The molecular weight excluding hydrogens is 1470 g/mol. The van der Waals surface area contributed by atoms with Gasteiger partial charge in [-0.1, -0.05) is 5.16 Å². The first-order valence-electron chi connectivity index (χ1n) is 32.4. The predicted octanol–water partition coefficient (Wildman–Crippen LogP) is 10.4. The third-order valence-corrected chi connectivity index (χ3v) is 21.1. The molecule has 5 aromatic rings. The zero-order chi connectivity index (χ0) is 76.3. The van der Waals surface area contributed by atoms with Crippen LogP contribution in [0.2, 0.25) is 0 Å². The van der Waals surface area contributed by atoms with Crippen LogP contribution >= 0.6 is 54.6 Å². The number of cyclic esters (lactones) is 4. The second kappa shape index (κ2) is 41.4. The predicted molar refractivity (Wildman–Crippen MR) is 380 cm³/mol. The number of halogens is 4. The van der Waals surface area contributed by atoms with Gasteiger partial charge in [-0.05, 0) is 107 Å². The zero-order valence-corrected chi connectivity index (χ0v) is 62.8. The summed E-state index contributed by atoms with van der Waals surface area (Å²) in [5, 5.41) is 14.0. The summed E-state index contributed by atoms with van der Waals surface area (Å²) in [6.45, 7) is 17.2. The van der Waals surface area contributed by atoms with Crippen molar-refractivity contribution in [3.8, 4) is 0 Å². The number of hydrogen-bond donors (Lipinski definition) is 4. The molecule has 0 bridgehead atoms. The lowest BCUT2D eigenvalue weighted by Gasteiger charge is -2.22. The summed E-state index contributed by atoms with van der Waals surface area (Å²) in [5.41, 5.74) is 1.56. The standard InChI is InChI=1S/C18H26FN2O6PS.C18H23FN2O5S.C15H15FN4O4S.C15H19FN2O4S/c1-4-25-28(24,26-5-2)8-9-29-17-7-6-14(10-16(17)19)21-12-15(27-18(21)23)11-20-13(3)22;1-5-25-16(23)18(3,4)27-15-7-6-12(8-14(15)19)21-10-13(26-17(21)24)9-20-11(2)22;1-9(21)17-5-11-6-20(15(22)24-11)10-2-3-13(12(16)4-10)25-7-14-18-8-23-19-14;1-10(19)17-8-12-9-18(15(20)22-12)11-3-4-14(13(16)7-11)23-6-5-21-2/h6-7,10,15H,4-5,8-9,11-12H2,1-3H3,(H,20,22);6-8,13H,5,9-10H2,1-4H3,(H,20,22);2-4,8,11H,5-7H2,1H3,(H,17,21);3-4,7,12H,5-6,8-9H2,1-2H3,(H,17,19)/t15-;13-;11-;12-/m0000/s1. The van der Waals surface area contributed by atoms with E-state index in [2.05, 4.69) is 35.9 Å². The van der Waals surface area contributed by atoms with Crippen molar-refractivity contribution in [2.75, 3.05) is 123 Å². The van der Waals surface area contributed by atoms with E-state index < -0.39 is 84.6 Å². The van der Waals surface area contributed by atoms with Crippen molar-refractivity contribution in [2.24, 2.45) is 0 Å². The smallest absolute Gasteiger partial charge is 0.414 e. The van der Waals surface area contributed by atoms with Crippen molar-refractivity contribution in [3.63, 3.8) is 0 Å². The summed E-state index contributed by atoms with van der Waals surface area (Å²) in [6.07, 6.45) is -2.81. The number of aromatic nitrogens is 2. The van der Waals surface area contributed by atoms with Crippen LogP contribution in [0.25, 0.3) is 0 Å². The van der Waals surface area contributed by atoms with Gasteiger partial charge in [-0.3, -0.25) is 48.1 Å². The number of rotatable bonds is 31. The SMILES string of the molecule is CC(=O)NC[C@H]1CN(c2ccc(SCc3ncon3)c(F)c2)C(=O)O1.CCOC(=O)C(C)(C)Sc1ccc(N2C[C@H](CNC(C)=O)OC2=O)cc1F.CCOP(=O)(CCSc1ccc(N2C[C@H](CNC(C)=O)OC2=O)cc1F)OCC.COCCSc1ccc(N2C[C@H](CNC(C)=O)OC2=O)cc1F. The second-order valence-corrected chi connectivity index (χ2v) is 30.1. The quantitative estimate of drug-likeness (QED) is 0.00800. The van der Waals surface area contributed by atoms with Crippen molar-refractivity contribution in [3.05, 3.63) is 108 Å². The summed E-state index contributed by atoms with van der Waals surface area (Å²) in [4.78, 5) is 114. The van der Waals surface area contributed by atoms with Gasteiger partial charge in [-0.2, -0.15) is 4.98 Å². The molecule has 4 saturated heterocycles. The van der Waals surface area contributed by atoms with Crippen molar-refractivity contribution in [2.45, 2.75) is 117 Å². The Labute approximate surface area is 615 Å². The molecule has 4 aromatic carbocycles. The molecular formula is C66H83F4N10O19PS4. The molecule has 4 aliphatic heterocycles. The number of nitrogens with one attached hydrogen (secondary N) is 4. The van der Waals surface area contributed by atoms with Gasteiger partial charge in [0.05, 0.1) is 113 Å². The van der Waals surface area contributed by atoms with E-state index in [0.29, 0.717) is 67.1 Å². The molecule has 4 aliphatic rings. The normalized spacial score (nSPS) is 16.9. The molecule has 0 aliphatic carbocycles. The molecule has 4 atom stereocenters. The molecule has 38 heteroatoms. The molecule has 104 heavy (non-hydrogen) atoms. The molecule has 4 fully saturated rings. The molecule has 0 saturated carbocycles. The average Bonchev–Trinajstić information content (AvgIpc) is 1.45. The van der Waals surface area contributed by atoms with Gasteiger partial charge in [0.25, 0.3) is 0 Å². The Morgan fingerprint density at radius 3 is 1.19 bits per heavy atom. The van der Waals surface area contributed by atoms with E-state index in [1.807, 2.05) is 0 Å². The number of carbonyl (C=O) groups is 9. The number of amides is 8. The lowest BCUT2D eigenvalue weighted by Crippen LogP contribution is -2.33. The first-order valence-corrected chi connectivity index (χ1v) is 37.9. The lowest BCUT2D eigenvalue weighted by molar-refractivity contribution is -0.145. The van der Waals surface area contributed by atoms with E-state index in [4.69, 9.17) is 37.5 Å². The Bertz CT molecular complexity index is 3830. The molecule has 4 N–H and O–H groups in total. The number of hydrogen-bond acceptors (Lipinski definition) is 25. The molecule has 1 aromatic heterocycles. The van der Waals surface area contributed by atoms with E-state index in [1.54, 1.807) is 84.2 Å². The minimum Gasteiger partial charge on any atom is -0.465 e. The molecule has 9 rings (SSSR count). The van der Waals surface area contributed by atoms with Crippen LogP contribution < -0.4 is 40.9 Å². The Kier molecular flexibility index (Phi) is 33.7. The summed E-state index contributed by atoms with van der Waals surface area (Å²) >= 11 is 4.83. The summed E-state index contributed by atoms with van der Waals surface area (Å²) in [6, 6.07) is 17.9. The van der Waals surface area contributed by atoms with Gasteiger partial charge in [0.2, 0.25) is 30.0 Å². The number of anilines is 4. The topological polar surface area (TPSA) is 345 Å². The maximum atomic E-state index is 14.6. The number of ether oxygens (including phenoxy) is 6. The molecule has 0 spiro atoms. The number of carbonyl (C=O) groups excluding carboxylic acids is 9. The van der Waals surface area contributed by atoms with Crippen LogP contribution in [-0.4, -0.2) is 197 Å². The highest BCUT2D eigenvalue weighted by atomic mass is 32.2. The van der Waals surface area contributed by atoms with Gasteiger partial charge in [0.15, 0.2) is 5.82 Å². The second-order valence-electron chi connectivity index (χ2n) is 23.0. The first-order chi connectivity index (χ1) is 49.4. The van der Waals surface area contributed by atoms with Gasteiger partial charge in [-0.25, -0.2) is 36.7 Å². The molecule has 0 radical (unpaired) electrons. The summed E-state index contributed by atoms with van der Waals surface area (Å²) in [7, 11) is -1.58. The minimum atomic E-state index is -3.17. The van der Waals surface area contributed by atoms with Gasteiger partial charge in [0, 0.05) is 65.9 Å². The van der Waals surface area contributed by atoms with Crippen molar-refractivity contribution < 1.29 is 107 Å². The Hall–Kier alpha value is -8.32. The number of methoxy groups -OCH3 is 1. The Morgan fingerprint density at radius 2 is 0.885 bits per heavy atom. The maximum absolute atomic E-state index is 14.6. The monoisotopic (exact) mass is 1550 g/mol. The molecule has 5 heterocycles. The number of thioether (sulfide) groups is 4. The van der Waals surface area contributed by atoms with Crippen LogP contribution in [0.15, 0.2) is 103 Å². The fraction of sp³-hybridized carbons (Fsp3) is 0.470. The van der Waals surface area contributed by atoms with Gasteiger partial charge >= 0.3 is 37.9 Å². The maximum Gasteiger partial charge on any atom is 0.414 e. The van der Waals surface area contributed by atoms with Crippen molar-refractivity contribution in [1.29, 1.82) is 0 Å².